The monoisotopic (exact) mass is 483 g/mol. The van der Waals surface area contributed by atoms with Gasteiger partial charge >= 0.3 is 5.69 Å². The Labute approximate surface area is 182 Å². The second-order valence-electron chi connectivity index (χ2n) is 7.94. The van der Waals surface area contributed by atoms with Crippen molar-refractivity contribution in [1.29, 1.82) is 0 Å². The number of anilines is 3. The summed E-state index contributed by atoms with van der Waals surface area (Å²) in [5.74, 6) is -0.897. The first-order valence-electron chi connectivity index (χ1n) is 9.62. The number of amides is 1. The van der Waals surface area contributed by atoms with E-state index in [2.05, 4.69) is 26.2 Å². The molecule has 2 rings (SSSR count). The zero-order valence-corrected chi connectivity index (χ0v) is 19.0. The predicted molar refractivity (Wildman–Crippen MR) is 120 cm³/mol. The highest BCUT2D eigenvalue weighted by Crippen LogP contribution is 2.21. The van der Waals surface area contributed by atoms with E-state index < -0.39 is 23.0 Å². The zero-order chi connectivity index (χ0) is 22.6. The molecule has 0 atom stereocenters. The third-order valence-corrected chi connectivity index (χ3v) is 4.70. The minimum Gasteiger partial charge on any atom is -0.383 e. The number of aromatic amines is 1. The lowest BCUT2D eigenvalue weighted by molar-refractivity contribution is -0.115. The van der Waals surface area contributed by atoms with Crippen LogP contribution in [0.15, 0.2) is 32.3 Å². The van der Waals surface area contributed by atoms with Crippen molar-refractivity contribution in [3.63, 3.8) is 0 Å². The van der Waals surface area contributed by atoms with E-state index in [1.54, 1.807) is 6.07 Å². The maximum atomic E-state index is 14.1. The Balaban J connectivity index is 2.39. The Morgan fingerprint density at radius 2 is 1.93 bits per heavy atom. The summed E-state index contributed by atoms with van der Waals surface area (Å²) < 4.78 is 15.9. The highest BCUT2D eigenvalue weighted by molar-refractivity contribution is 9.10. The molecule has 8 nitrogen and oxygen atoms in total. The smallest absolute Gasteiger partial charge is 0.330 e. The van der Waals surface area contributed by atoms with Gasteiger partial charge in [0, 0.05) is 17.6 Å². The molecule has 0 saturated carbocycles. The van der Waals surface area contributed by atoms with E-state index in [1.807, 2.05) is 27.7 Å². The van der Waals surface area contributed by atoms with E-state index in [4.69, 9.17) is 5.73 Å². The molecule has 0 aliphatic heterocycles. The van der Waals surface area contributed by atoms with Gasteiger partial charge in [0.2, 0.25) is 5.91 Å². The number of nitrogen functional groups attached to an aromatic ring is 1. The van der Waals surface area contributed by atoms with Crippen LogP contribution in [-0.4, -0.2) is 28.5 Å². The van der Waals surface area contributed by atoms with E-state index in [1.165, 1.54) is 21.6 Å². The largest absolute Gasteiger partial charge is 0.383 e. The topological polar surface area (TPSA) is 113 Å². The van der Waals surface area contributed by atoms with Crippen molar-refractivity contribution in [2.75, 3.05) is 29.0 Å². The Morgan fingerprint density at radius 3 is 2.50 bits per heavy atom. The number of hydrogen-bond acceptors (Lipinski definition) is 5. The molecule has 0 unspecified atom stereocenters. The predicted octanol–water partition coefficient (Wildman–Crippen LogP) is 2.78. The minimum atomic E-state index is -0.666. The van der Waals surface area contributed by atoms with Crippen LogP contribution in [0.3, 0.4) is 0 Å². The van der Waals surface area contributed by atoms with Gasteiger partial charge in [0.05, 0.1) is 12.2 Å². The van der Waals surface area contributed by atoms with E-state index in [9.17, 15) is 18.8 Å². The van der Waals surface area contributed by atoms with E-state index in [0.29, 0.717) is 17.6 Å². The summed E-state index contributed by atoms with van der Waals surface area (Å²) in [6.07, 6.45) is 0. The van der Waals surface area contributed by atoms with Crippen LogP contribution in [-0.2, 0) is 11.3 Å². The number of H-pyrrole nitrogens is 1. The zero-order valence-electron chi connectivity index (χ0n) is 17.5. The molecule has 0 saturated heterocycles. The number of rotatable bonds is 8. The van der Waals surface area contributed by atoms with Crippen LogP contribution in [0.2, 0.25) is 0 Å². The van der Waals surface area contributed by atoms with Gasteiger partial charge in [0.25, 0.3) is 5.56 Å². The normalized spacial score (nSPS) is 11.2. The van der Waals surface area contributed by atoms with Crippen molar-refractivity contribution in [3.05, 3.63) is 49.3 Å². The van der Waals surface area contributed by atoms with Crippen molar-refractivity contribution in [1.82, 2.24) is 9.55 Å². The van der Waals surface area contributed by atoms with Crippen LogP contribution in [0, 0.1) is 17.7 Å². The van der Waals surface area contributed by atoms with E-state index in [-0.39, 0.29) is 35.6 Å². The van der Waals surface area contributed by atoms with Gasteiger partial charge in [-0.15, -0.1) is 0 Å². The van der Waals surface area contributed by atoms with Gasteiger partial charge in [-0.1, -0.05) is 43.6 Å². The quantitative estimate of drug-likeness (QED) is 0.534. The second kappa shape index (κ2) is 9.92. The summed E-state index contributed by atoms with van der Waals surface area (Å²) >= 11 is 3.16. The number of aromatic nitrogens is 2. The van der Waals surface area contributed by atoms with Crippen LogP contribution < -0.4 is 27.2 Å². The molecule has 0 aliphatic carbocycles. The average molecular weight is 484 g/mol. The molecule has 0 radical (unpaired) electrons. The lowest BCUT2D eigenvalue weighted by atomic mass is 10.2. The number of nitrogens with one attached hydrogen (secondary N) is 2. The molecule has 0 bridgehead atoms. The van der Waals surface area contributed by atoms with Crippen molar-refractivity contribution in [2.45, 2.75) is 34.2 Å². The van der Waals surface area contributed by atoms with Gasteiger partial charge in [-0.3, -0.25) is 19.1 Å². The molecular formula is C20H27BrFN5O3. The SMILES string of the molecule is CC(C)CN(CC(=O)Nc1ccc(Br)cc1F)c1c(N)n(CC(C)C)c(=O)[nH]c1=O. The Hall–Kier alpha value is -2.62. The summed E-state index contributed by atoms with van der Waals surface area (Å²) in [6, 6.07) is 4.29. The van der Waals surface area contributed by atoms with E-state index in [0.717, 1.165) is 0 Å². The highest BCUT2D eigenvalue weighted by atomic mass is 79.9. The molecule has 0 spiro atoms. The lowest BCUT2D eigenvalue weighted by Crippen LogP contribution is -2.43. The van der Waals surface area contributed by atoms with Crippen LogP contribution in [0.25, 0.3) is 0 Å². The summed E-state index contributed by atoms with van der Waals surface area (Å²) in [5, 5.41) is 2.51. The number of nitrogens with zero attached hydrogens (tertiary/aromatic N) is 2. The van der Waals surface area contributed by atoms with Crippen LogP contribution in [0.5, 0.6) is 0 Å². The molecule has 2 aromatic rings. The third kappa shape index (κ3) is 5.94. The van der Waals surface area contributed by atoms with Gasteiger partial charge in [0.15, 0.2) is 0 Å². The minimum absolute atomic E-state index is 0.000669. The highest BCUT2D eigenvalue weighted by Gasteiger charge is 2.22. The fraction of sp³-hybridized carbons (Fsp3) is 0.450. The number of benzene rings is 1. The van der Waals surface area contributed by atoms with Crippen molar-refractivity contribution in [3.8, 4) is 0 Å². The van der Waals surface area contributed by atoms with Crippen molar-refractivity contribution in [2.24, 2.45) is 11.8 Å². The van der Waals surface area contributed by atoms with Crippen molar-refractivity contribution < 1.29 is 9.18 Å². The maximum absolute atomic E-state index is 14.1. The van der Waals surface area contributed by atoms with Gasteiger partial charge < -0.3 is 16.0 Å². The Bertz CT molecular complexity index is 1030. The molecule has 4 N–H and O–H groups in total. The second-order valence-corrected chi connectivity index (χ2v) is 8.86. The molecule has 10 heteroatoms. The summed E-state index contributed by atoms with van der Waals surface area (Å²) in [4.78, 5) is 41.2. The van der Waals surface area contributed by atoms with Gasteiger partial charge in [0.1, 0.15) is 17.3 Å². The fourth-order valence-electron chi connectivity index (χ4n) is 3.06. The van der Waals surface area contributed by atoms with Gasteiger partial charge in [-0.05, 0) is 30.0 Å². The number of nitrogens with two attached hydrogens (primary N) is 1. The molecule has 1 aromatic heterocycles. The van der Waals surface area contributed by atoms with Gasteiger partial charge in [-0.25, -0.2) is 9.18 Å². The molecule has 1 aromatic carbocycles. The number of hydrogen-bond donors (Lipinski definition) is 3. The molecule has 164 valence electrons. The van der Waals surface area contributed by atoms with E-state index >= 15 is 0 Å². The Kier molecular flexibility index (Phi) is 7.83. The maximum Gasteiger partial charge on any atom is 0.330 e. The lowest BCUT2D eigenvalue weighted by Gasteiger charge is -2.27. The molecular weight excluding hydrogens is 457 g/mol. The molecule has 1 amide bonds. The summed E-state index contributed by atoms with van der Waals surface area (Å²) in [6.45, 7) is 8.11. The van der Waals surface area contributed by atoms with Crippen LogP contribution >= 0.6 is 15.9 Å². The van der Waals surface area contributed by atoms with Crippen molar-refractivity contribution >= 4 is 39.0 Å². The molecule has 30 heavy (non-hydrogen) atoms. The van der Waals surface area contributed by atoms with Gasteiger partial charge in [-0.2, -0.15) is 0 Å². The fourth-order valence-corrected chi connectivity index (χ4v) is 3.39. The number of carbonyl (C=O) groups is 1. The number of carbonyl (C=O) groups excluding carboxylic acids is 1. The first-order chi connectivity index (χ1) is 14.0. The first-order valence-corrected chi connectivity index (χ1v) is 10.4. The van der Waals surface area contributed by atoms with Crippen LogP contribution in [0.1, 0.15) is 27.7 Å². The molecule has 0 fully saturated rings. The number of halogens is 2. The summed E-state index contributed by atoms with van der Waals surface area (Å²) in [7, 11) is 0. The van der Waals surface area contributed by atoms with Crippen LogP contribution in [0.4, 0.5) is 21.6 Å². The first kappa shape index (κ1) is 23.7. The molecule has 1 heterocycles. The standard InChI is InChI=1S/C20H27BrFN5O3/c1-11(2)8-26(10-16(28)24-15-6-5-13(21)7-14(15)22)17-18(23)27(9-12(3)4)20(30)25-19(17)29/h5-7,11-12H,8-10,23H2,1-4H3,(H,24,28)(H,25,29,30). The summed E-state index contributed by atoms with van der Waals surface area (Å²) in [5.41, 5.74) is 5.00. The Morgan fingerprint density at radius 1 is 1.27 bits per heavy atom. The average Bonchev–Trinajstić information content (AvgIpc) is 2.60. The molecule has 0 aliphatic rings. The third-order valence-electron chi connectivity index (χ3n) is 4.20.